The molecule has 5 N–H and O–H groups in total. The Morgan fingerprint density at radius 1 is 1.14 bits per heavy atom. The van der Waals surface area contributed by atoms with Crippen LogP contribution < -0.4 is 11.3 Å². The molecule has 0 radical (unpaired) electrons. The van der Waals surface area contributed by atoms with Gasteiger partial charge in [0.15, 0.2) is 0 Å². The van der Waals surface area contributed by atoms with E-state index in [9.17, 15) is 14.7 Å². The third kappa shape index (κ3) is 3.72. The molecule has 0 aliphatic carbocycles. The third-order valence-corrected chi connectivity index (χ3v) is 5.52. The highest BCUT2D eigenvalue weighted by atomic mass is 16.3. The summed E-state index contributed by atoms with van der Waals surface area (Å²) in [4.78, 5) is 31.7. The number of likely N-dealkylation sites (tertiary alicyclic amines) is 1. The van der Waals surface area contributed by atoms with Crippen molar-refractivity contribution >= 4 is 16.8 Å². The number of nitrogens with zero attached hydrogens (tertiary/aromatic N) is 1. The summed E-state index contributed by atoms with van der Waals surface area (Å²) in [5.74, 6) is -0.224. The number of piperidine rings is 1. The Kier molecular flexibility index (Phi) is 5.02. The highest BCUT2D eigenvalue weighted by molar-refractivity contribution is 5.91. The average Bonchev–Trinajstić information content (AvgIpc) is 3.11. The molecule has 3 aromatic rings. The van der Waals surface area contributed by atoms with Crippen molar-refractivity contribution in [3.63, 3.8) is 0 Å². The van der Waals surface area contributed by atoms with Crippen LogP contribution in [0.1, 0.15) is 28.9 Å². The first-order valence-electron chi connectivity index (χ1n) is 9.52. The summed E-state index contributed by atoms with van der Waals surface area (Å²) in [5, 5.41) is 10.3. The van der Waals surface area contributed by atoms with Crippen LogP contribution in [-0.2, 0) is 6.54 Å². The minimum Gasteiger partial charge on any atom is -0.396 e. The summed E-state index contributed by atoms with van der Waals surface area (Å²) in [6, 6.07) is 11.3. The number of rotatable bonds is 5. The number of hydrogen-bond donors (Lipinski definition) is 4. The summed E-state index contributed by atoms with van der Waals surface area (Å²) in [6.07, 6.45) is 2.08. The van der Waals surface area contributed by atoms with Crippen molar-refractivity contribution in [1.29, 1.82) is 0 Å². The predicted octanol–water partition coefficient (Wildman–Crippen LogP) is 1.83. The Bertz CT molecular complexity index is 1060. The van der Waals surface area contributed by atoms with Crippen molar-refractivity contribution in [1.82, 2.24) is 14.9 Å². The lowest BCUT2D eigenvalue weighted by molar-refractivity contribution is 0.0995. The first kappa shape index (κ1) is 18.5. The van der Waals surface area contributed by atoms with Crippen molar-refractivity contribution in [2.75, 3.05) is 19.7 Å². The first-order valence-corrected chi connectivity index (χ1v) is 9.52. The van der Waals surface area contributed by atoms with Crippen LogP contribution in [0.25, 0.3) is 22.2 Å². The van der Waals surface area contributed by atoms with Crippen LogP contribution in [0.5, 0.6) is 0 Å². The van der Waals surface area contributed by atoms with Crippen molar-refractivity contribution in [2.45, 2.75) is 19.4 Å². The van der Waals surface area contributed by atoms with Crippen LogP contribution in [0.3, 0.4) is 0 Å². The monoisotopic (exact) mass is 380 g/mol. The molecule has 28 heavy (non-hydrogen) atoms. The van der Waals surface area contributed by atoms with Crippen LogP contribution >= 0.6 is 0 Å². The van der Waals surface area contributed by atoms with Gasteiger partial charge in [-0.3, -0.25) is 14.5 Å². The van der Waals surface area contributed by atoms with Crippen LogP contribution in [-0.4, -0.2) is 45.6 Å². The van der Waals surface area contributed by atoms with Crippen LogP contribution in [0.2, 0.25) is 0 Å². The Balaban J connectivity index is 1.55. The number of aromatic nitrogens is 2. The minimum absolute atomic E-state index is 0.0946. The molecule has 1 amide bonds. The highest BCUT2D eigenvalue weighted by Crippen LogP contribution is 2.24. The Morgan fingerprint density at radius 3 is 2.61 bits per heavy atom. The first-order chi connectivity index (χ1) is 13.5. The smallest absolute Gasteiger partial charge is 0.265 e. The average molecular weight is 380 g/mol. The van der Waals surface area contributed by atoms with E-state index in [4.69, 9.17) is 5.73 Å². The zero-order valence-corrected chi connectivity index (χ0v) is 15.6. The molecular formula is C21H24N4O3. The van der Waals surface area contributed by atoms with Crippen molar-refractivity contribution < 1.29 is 9.90 Å². The van der Waals surface area contributed by atoms with Gasteiger partial charge in [0, 0.05) is 24.1 Å². The van der Waals surface area contributed by atoms with Crippen LogP contribution in [0.4, 0.5) is 0 Å². The van der Waals surface area contributed by atoms with Gasteiger partial charge in [-0.05, 0) is 67.7 Å². The number of aliphatic hydroxyl groups excluding tert-OH is 1. The van der Waals surface area contributed by atoms with Gasteiger partial charge in [-0.15, -0.1) is 0 Å². The fourth-order valence-corrected chi connectivity index (χ4v) is 3.84. The second-order valence-electron chi connectivity index (χ2n) is 7.49. The summed E-state index contributed by atoms with van der Waals surface area (Å²) in [6.45, 7) is 3.17. The second kappa shape index (κ2) is 7.61. The zero-order chi connectivity index (χ0) is 19.7. The quantitative estimate of drug-likeness (QED) is 0.540. The van der Waals surface area contributed by atoms with Crippen molar-refractivity contribution in [3.8, 4) is 11.3 Å². The number of amides is 1. The Morgan fingerprint density at radius 2 is 1.93 bits per heavy atom. The number of hydrogen-bond acceptors (Lipinski definition) is 4. The molecule has 1 fully saturated rings. The molecule has 2 aromatic heterocycles. The minimum atomic E-state index is -0.659. The van der Waals surface area contributed by atoms with E-state index in [1.54, 1.807) is 6.07 Å². The Labute approximate surface area is 162 Å². The lowest BCUT2D eigenvalue weighted by Gasteiger charge is -2.31. The normalized spacial score (nSPS) is 15.9. The molecule has 0 unspecified atom stereocenters. The van der Waals surface area contributed by atoms with Gasteiger partial charge in [-0.2, -0.15) is 0 Å². The SMILES string of the molecule is NC(=O)c1ccc(-c2cc3cc(CN4CCC(CO)CC4)ccc3[nH]2)c(=O)[nH]1. The van der Waals surface area contributed by atoms with Gasteiger partial charge in [-0.1, -0.05) is 6.07 Å². The van der Waals surface area contributed by atoms with Crippen LogP contribution in [0.15, 0.2) is 41.2 Å². The van der Waals surface area contributed by atoms with Gasteiger partial charge in [0.05, 0.1) is 11.3 Å². The maximum Gasteiger partial charge on any atom is 0.265 e. The topological polar surface area (TPSA) is 115 Å². The molecule has 7 heteroatoms. The zero-order valence-electron chi connectivity index (χ0n) is 15.6. The molecule has 146 valence electrons. The van der Waals surface area contributed by atoms with Crippen molar-refractivity contribution in [2.24, 2.45) is 11.7 Å². The summed E-state index contributed by atoms with van der Waals surface area (Å²) < 4.78 is 0. The molecule has 1 aromatic carbocycles. The molecule has 7 nitrogen and oxygen atoms in total. The van der Waals surface area contributed by atoms with Gasteiger partial charge in [0.2, 0.25) is 0 Å². The molecule has 0 saturated carbocycles. The number of aliphatic hydroxyl groups is 1. The molecule has 0 atom stereocenters. The molecule has 0 spiro atoms. The number of aromatic amines is 2. The second-order valence-corrected chi connectivity index (χ2v) is 7.49. The lowest BCUT2D eigenvalue weighted by atomic mass is 9.97. The van der Waals surface area contributed by atoms with E-state index < -0.39 is 5.91 Å². The number of nitrogens with one attached hydrogen (secondary N) is 2. The maximum absolute atomic E-state index is 12.3. The molecule has 1 aliphatic heterocycles. The molecule has 3 heterocycles. The number of carbonyl (C=O) groups is 1. The van der Waals surface area contributed by atoms with Gasteiger partial charge >= 0.3 is 0 Å². The van der Waals surface area contributed by atoms with E-state index in [0.717, 1.165) is 43.4 Å². The van der Waals surface area contributed by atoms with Gasteiger partial charge in [0.25, 0.3) is 11.5 Å². The molecule has 1 saturated heterocycles. The standard InChI is InChI=1S/C21H24N4O3/c22-20(27)18-4-2-16(21(28)24-18)19-10-15-9-14(1-3-17(15)23-19)11-25-7-5-13(12-26)6-8-25/h1-4,9-10,13,23,26H,5-8,11-12H2,(H2,22,27)(H,24,28). The summed E-state index contributed by atoms with van der Waals surface area (Å²) >= 11 is 0. The largest absolute Gasteiger partial charge is 0.396 e. The van der Waals surface area contributed by atoms with E-state index in [2.05, 4.69) is 27.0 Å². The number of pyridine rings is 1. The van der Waals surface area contributed by atoms with Gasteiger partial charge < -0.3 is 20.8 Å². The molecule has 1 aliphatic rings. The number of H-pyrrole nitrogens is 2. The van der Waals surface area contributed by atoms with Gasteiger partial charge in [-0.25, -0.2) is 0 Å². The summed E-state index contributed by atoms with van der Waals surface area (Å²) in [5.41, 5.74) is 8.30. The fraction of sp³-hybridized carbons (Fsp3) is 0.333. The van der Waals surface area contributed by atoms with E-state index in [1.807, 2.05) is 12.1 Å². The fourth-order valence-electron chi connectivity index (χ4n) is 3.84. The van der Waals surface area contributed by atoms with E-state index in [1.165, 1.54) is 11.6 Å². The van der Waals surface area contributed by atoms with Crippen molar-refractivity contribution in [3.05, 3.63) is 58.0 Å². The third-order valence-electron chi connectivity index (χ3n) is 5.52. The maximum atomic E-state index is 12.3. The molecular weight excluding hydrogens is 356 g/mol. The number of fused-ring (bicyclic) bond motifs is 1. The van der Waals surface area contributed by atoms with E-state index in [-0.39, 0.29) is 17.9 Å². The van der Waals surface area contributed by atoms with Crippen LogP contribution in [0, 0.1) is 5.92 Å². The van der Waals surface area contributed by atoms with E-state index >= 15 is 0 Å². The molecule has 4 rings (SSSR count). The predicted molar refractivity (Wildman–Crippen MR) is 108 cm³/mol. The summed E-state index contributed by atoms with van der Waals surface area (Å²) in [7, 11) is 0. The number of carbonyl (C=O) groups excluding carboxylic acids is 1. The number of primary amides is 1. The van der Waals surface area contributed by atoms with Gasteiger partial charge in [0.1, 0.15) is 5.69 Å². The molecule has 0 bridgehead atoms. The Hall–Kier alpha value is -2.90. The van der Waals surface area contributed by atoms with E-state index in [0.29, 0.717) is 17.2 Å². The highest BCUT2D eigenvalue weighted by Gasteiger charge is 2.18. The lowest BCUT2D eigenvalue weighted by Crippen LogP contribution is -2.34. The number of benzene rings is 1. The number of nitrogens with two attached hydrogens (primary N) is 1.